The molecule has 2 aromatic rings. The van der Waals surface area contributed by atoms with Crippen molar-refractivity contribution in [2.75, 3.05) is 5.32 Å². The third kappa shape index (κ3) is 2.13. The van der Waals surface area contributed by atoms with Gasteiger partial charge in [0.25, 0.3) is 0 Å². The van der Waals surface area contributed by atoms with E-state index in [2.05, 4.69) is 10.3 Å². The van der Waals surface area contributed by atoms with Gasteiger partial charge in [0, 0.05) is 18.0 Å². The quantitative estimate of drug-likeness (QED) is 0.813. The number of urea groups is 1. The predicted molar refractivity (Wildman–Crippen MR) is 60.8 cm³/mol. The topological polar surface area (TPSA) is 68.0 Å². The molecule has 76 valence electrons. The minimum atomic E-state index is -0.548. The summed E-state index contributed by atoms with van der Waals surface area (Å²) in [7, 11) is 0. The number of nitrogens with zero attached hydrogens (tertiary/aromatic N) is 1. The summed E-state index contributed by atoms with van der Waals surface area (Å²) in [6.45, 7) is 0. The molecule has 2 aromatic heterocycles. The average Bonchev–Trinajstić information content (AvgIpc) is 2.66. The summed E-state index contributed by atoms with van der Waals surface area (Å²) >= 11 is 1.44. The number of hydrogen-bond donors (Lipinski definition) is 2. The number of rotatable bonds is 2. The van der Waals surface area contributed by atoms with Crippen LogP contribution in [0.5, 0.6) is 0 Å². The molecule has 4 nitrogen and oxygen atoms in total. The molecule has 0 bridgehead atoms. The molecule has 0 saturated carbocycles. The highest BCUT2D eigenvalue weighted by molar-refractivity contribution is 7.15. The van der Waals surface area contributed by atoms with Gasteiger partial charge in [-0.25, -0.2) is 4.79 Å². The molecule has 0 radical (unpaired) electrons. The van der Waals surface area contributed by atoms with Crippen molar-refractivity contribution in [2.45, 2.75) is 0 Å². The van der Waals surface area contributed by atoms with Crippen molar-refractivity contribution in [3.8, 4) is 11.1 Å². The second kappa shape index (κ2) is 4.10. The van der Waals surface area contributed by atoms with E-state index in [-0.39, 0.29) is 0 Å². The van der Waals surface area contributed by atoms with Crippen molar-refractivity contribution in [3.63, 3.8) is 0 Å². The first-order valence-electron chi connectivity index (χ1n) is 4.32. The molecule has 0 spiro atoms. The summed E-state index contributed by atoms with van der Waals surface area (Å²) in [5.74, 6) is 0. The van der Waals surface area contributed by atoms with Gasteiger partial charge in [-0.1, -0.05) is 0 Å². The normalized spacial score (nSPS) is 9.87. The van der Waals surface area contributed by atoms with Crippen molar-refractivity contribution in [2.24, 2.45) is 5.73 Å². The van der Waals surface area contributed by atoms with Gasteiger partial charge in [-0.3, -0.25) is 10.3 Å². The molecular weight excluding hydrogens is 210 g/mol. The van der Waals surface area contributed by atoms with Gasteiger partial charge in [-0.05, 0) is 29.1 Å². The van der Waals surface area contributed by atoms with Crippen molar-refractivity contribution >= 4 is 22.4 Å². The van der Waals surface area contributed by atoms with Crippen LogP contribution in [0.1, 0.15) is 0 Å². The zero-order valence-electron chi connectivity index (χ0n) is 7.81. The van der Waals surface area contributed by atoms with Crippen LogP contribution >= 0.6 is 11.3 Å². The van der Waals surface area contributed by atoms with Crippen LogP contribution in [0, 0.1) is 0 Å². The third-order valence-electron chi connectivity index (χ3n) is 1.89. The van der Waals surface area contributed by atoms with Crippen LogP contribution in [0.4, 0.5) is 9.80 Å². The van der Waals surface area contributed by atoms with Crippen molar-refractivity contribution < 1.29 is 4.79 Å². The summed E-state index contributed by atoms with van der Waals surface area (Å²) in [6.07, 6.45) is 3.42. The van der Waals surface area contributed by atoms with Gasteiger partial charge in [0.1, 0.15) is 5.00 Å². The van der Waals surface area contributed by atoms with Gasteiger partial charge >= 0.3 is 6.03 Å². The summed E-state index contributed by atoms with van der Waals surface area (Å²) < 4.78 is 0. The maximum Gasteiger partial charge on any atom is 0.317 e. The minimum Gasteiger partial charge on any atom is -0.351 e. The lowest BCUT2D eigenvalue weighted by Crippen LogP contribution is -2.18. The van der Waals surface area contributed by atoms with E-state index < -0.39 is 6.03 Å². The molecule has 2 heterocycles. The Morgan fingerprint density at radius 1 is 1.33 bits per heavy atom. The monoisotopic (exact) mass is 219 g/mol. The van der Waals surface area contributed by atoms with Crippen molar-refractivity contribution in [1.29, 1.82) is 0 Å². The first-order valence-corrected chi connectivity index (χ1v) is 5.19. The predicted octanol–water partition coefficient (Wildman–Crippen LogP) is 2.30. The number of thiophene rings is 1. The number of aromatic nitrogens is 1. The molecule has 0 aliphatic carbocycles. The molecule has 0 atom stereocenters. The zero-order chi connectivity index (χ0) is 10.7. The standard InChI is InChI=1S/C10H9N3OS/c11-10(14)13-9-8(3-6-15-9)7-1-4-12-5-2-7/h1-6H,(H3,11,13,14). The molecule has 2 amide bonds. The molecule has 0 saturated heterocycles. The first kappa shape index (κ1) is 9.67. The van der Waals surface area contributed by atoms with E-state index in [1.165, 1.54) is 11.3 Å². The number of carbonyl (C=O) groups excluding carboxylic acids is 1. The molecule has 0 aliphatic heterocycles. The number of carbonyl (C=O) groups is 1. The number of amides is 2. The van der Waals surface area contributed by atoms with Crippen LogP contribution in [-0.2, 0) is 0 Å². The van der Waals surface area contributed by atoms with E-state index in [0.29, 0.717) is 0 Å². The number of anilines is 1. The lowest BCUT2D eigenvalue weighted by molar-refractivity contribution is 0.259. The summed E-state index contributed by atoms with van der Waals surface area (Å²) in [5, 5.41) is 5.25. The highest BCUT2D eigenvalue weighted by Gasteiger charge is 2.07. The Bertz CT molecular complexity index is 467. The maximum absolute atomic E-state index is 10.8. The Morgan fingerprint density at radius 3 is 2.73 bits per heavy atom. The molecule has 5 heteroatoms. The van der Waals surface area contributed by atoms with Gasteiger partial charge in [-0.15, -0.1) is 11.3 Å². The average molecular weight is 219 g/mol. The Kier molecular flexibility index (Phi) is 2.64. The highest BCUT2D eigenvalue weighted by atomic mass is 32.1. The number of nitrogens with two attached hydrogens (primary N) is 1. The first-order chi connectivity index (χ1) is 7.27. The van der Waals surface area contributed by atoms with Crippen molar-refractivity contribution in [3.05, 3.63) is 36.0 Å². The molecule has 0 fully saturated rings. The smallest absolute Gasteiger partial charge is 0.317 e. The van der Waals surface area contributed by atoms with E-state index in [1.54, 1.807) is 12.4 Å². The fourth-order valence-electron chi connectivity index (χ4n) is 1.28. The number of nitrogens with one attached hydrogen (secondary N) is 1. The van der Waals surface area contributed by atoms with Crippen LogP contribution in [0.3, 0.4) is 0 Å². The fourth-order valence-corrected chi connectivity index (χ4v) is 2.09. The van der Waals surface area contributed by atoms with Gasteiger partial charge in [0.15, 0.2) is 0 Å². The lowest BCUT2D eigenvalue weighted by atomic mass is 10.1. The van der Waals surface area contributed by atoms with Gasteiger partial charge in [-0.2, -0.15) is 0 Å². The molecule has 0 unspecified atom stereocenters. The number of primary amides is 1. The minimum absolute atomic E-state index is 0.548. The highest BCUT2D eigenvalue weighted by Crippen LogP contribution is 2.32. The Labute approximate surface area is 90.8 Å². The molecular formula is C10H9N3OS. The van der Waals surface area contributed by atoms with Gasteiger partial charge in [0.2, 0.25) is 0 Å². The second-order valence-corrected chi connectivity index (χ2v) is 3.80. The van der Waals surface area contributed by atoms with Crippen LogP contribution < -0.4 is 11.1 Å². The largest absolute Gasteiger partial charge is 0.351 e. The van der Waals surface area contributed by atoms with Crippen LogP contribution in [0.2, 0.25) is 0 Å². The van der Waals surface area contributed by atoms with Crippen LogP contribution in [-0.4, -0.2) is 11.0 Å². The third-order valence-corrected chi connectivity index (χ3v) is 2.72. The van der Waals surface area contributed by atoms with Crippen LogP contribution in [0.25, 0.3) is 11.1 Å². The molecule has 15 heavy (non-hydrogen) atoms. The zero-order valence-corrected chi connectivity index (χ0v) is 8.62. The van der Waals surface area contributed by atoms with Gasteiger partial charge < -0.3 is 5.73 Å². The lowest BCUT2D eigenvalue weighted by Gasteiger charge is -2.03. The van der Waals surface area contributed by atoms with E-state index in [9.17, 15) is 4.79 Å². The molecule has 2 rings (SSSR count). The Balaban J connectivity index is 2.37. The Morgan fingerprint density at radius 2 is 2.07 bits per heavy atom. The fraction of sp³-hybridized carbons (Fsp3) is 0. The summed E-state index contributed by atoms with van der Waals surface area (Å²) in [5.41, 5.74) is 7.04. The van der Waals surface area contributed by atoms with E-state index >= 15 is 0 Å². The Hall–Kier alpha value is -1.88. The summed E-state index contributed by atoms with van der Waals surface area (Å²) in [6, 6.07) is 5.15. The number of pyridine rings is 1. The van der Waals surface area contributed by atoms with E-state index in [4.69, 9.17) is 5.73 Å². The van der Waals surface area contributed by atoms with E-state index in [0.717, 1.165) is 16.1 Å². The van der Waals surface area contributed by atoms with Crippen LogP contribution in [0.15, 0.2) is 36.0 Å². The van der Waals surface area contributed by atoms with Gasteiger partial charge in [0.05, 0.1) is 0 Å². The van der Waals surface area contributed by atoms with Crippen molar-refractivity contribution in [1.82, 2.24) is 4.98 Å². The molecule has 0 aromatic carbocycles. The maximum atomic E-state index is 10.8. The summed E-state index contributed by atoms with van der Waals surface area (Å²) in [4.78, 5) is 14.7. The molecule has 3 N–H and O–H groups in total. The number of hydrogen-bond acceptors (Lipinski definition) is 3. The molecule has 0 aliphatic rings. The SMILES string of the molecule is NC(=O)Nc1sccc1-c1ccncc1. The second-order valence-electron chi connectivity index (χ2n) is 2.89. The van der Waals surface area contributed by atoms with E-state index in [1.807, 2.05) is 23.6 Å².